The molecule has 126 valence electrons. The summed E-state index contributed by atoms with van der Waals surface area (Å²) in [4.78, 5) is 0. The molecule has 1 saturated carbocycles. The van der Waals surface area contributed by atoms with Crippen molar-refractivity contribution in [3.05, 3.63) is 36.4 Å². The lowest BCUT2D eigenvalue weighted by molar-refractivity contribution is 0.0133. The van der Waals surface area contributed by atoms with Crippen LogP contribution in [0.15, 0.2) is 30.6 Å². The molecule has 0 amide bonds. The number of nitrogens with zero attached hydrogens (tertiary/aromatic N) is 6. The van der Waals surface area contributed by atoms with Gasteiger partial charge in [-0.3, -0.25) is 4.68 Å². The highest BCUT2D eigenvalue weighted by Crippen LogP contribution is 2.34. The van der Waals surface area contributed by atoms with Gasteiger partial charge in [-0.25, -0.2) is 0 Å². The maximum atomic E-state index is 10.1. The maximum absolute atomic E-state index is 10.1. The van der Waals surface area contributed by atoms with E-state index in [0.29, 0.717) is 6.42 Å². The van der Waals surface area contributed by atoms with E-state index in [9.17, 15) is 5.11 Å². The average molecular weight is 327 g/mol. The van der Waals surface area contributed by atoms with E-state index in [4.69, 9.17) is 0 Å². The number of aliphatic hydroxyl groups excluding tert-OH is 1. The summed E-state index contributed by atoms with van der Waals surface area (Å²) in [5.74, 6) is 1.56. The molecular formula is C16H21N7O. The standard InChI is InChI=1S/C16H21N7O/c1-16(2,3)15-20-19-13-6-5-12(21-23(13)15)18-10-9-11(24)14(10)22-8-4-7-17-22/h4-8,10-11,14,24H,9H2,1-3H3,(H,18,21)/t10-,11+,14+/m0/s1. The minimum atomic E-state index is -0.397. The van der Waals surface area contributed by atoms with Gasteiger partial charge in [-0.15, -0.1) is 15.3 Å². The van der Waals surface area contributed by atoms with Crippen LogP contribution >= 0.6 is 0 Å². The molecule has 0 unspecified atom stereocenters. The van der Waals surface area contributed by atoms with E-state index in [1.807, 2.05) is 24.4 Å². The second-order valence-corrected chi connectivity index (χ2v) is 7.29. The van der Waals surface area contributed by atoms with E-state index < -0.39 is 6.10 Å². The number of hydrogen-bond acceptors (Lipinski definition) is 6. The largest absolute Gasteiger partial charge is 0.391 e. The molecule has 3 heterocycles. The van der Waals surface area contributed by atoms with E-state index in [1.54, 1.807) is 15.4 Å². The van der Waals surface area contributed by atoms with Crippen LogP contribution < -0.4 is 5.32 Å². The van der Waals surface area contributed by atoms with Crippen molar-refractivity contribution in [1.29, 1.82) is 0 Å². The SMILES string of the molecule is CC(C)(C)c1nnc2ccc(N[C@H]3C[C@@H](O)[C@@H]3n3cccn3)nn12. The Morgan fingerprint density at radius 2 is 2.08 bits per heavy atom. The van der Waals surface area contributed by atoms with Crippen molar-refractivity contribution in [3.63, 3.8) is 0 Å². The lowest BCUT2D eigenvalue weighted by atomic mass is 9.83. The zero-order valence-electron chi connectivity index (χ0n) is 14.0. The van der Waals surface area contributed by atoms with Crippen molar-refractivity contribution in [1.82, 2.24) is 29.6 Å². The third kappa shape index (κ3) is 2.43. The van der Waals surface area contributed by atoms with Crippen molar-refractivity contribution in [2.75, 3.05) is 5.32 Å². The Morgan fingerprint density at radius 3 is 2.75 bits per heavy atom. The zero-order chi connectivity index (χ0) is 16.9. The molecule has 24 heavy (non-hydrogen) atoms. The molecule has 8 heteroatoms. The lowest BCUT2D eigenvalue weighted by Gasteiger charge is -2.42. The van der Waals surface area contributed by atoms with Gasteiger partial charge in [-0.2, -0.15) is 9.61 Å². The van der Waals surface area contributed by atoms with Gasteiger partial charge < -0.3 is 10.4 Å². The van der Waals surface area contributed by atoms with E-state index in [-0.39, 0.29) is 17.5 Å². The molecule has 0 saturated heterocycles. The number of fused-ring (bicyclic) bond motifs is 1. The molecule has 8 nitrogen and oxygen atoms in total. The maximum Gasteiger partial charge on any atom is 0.178 e. The monoisotopic (exact) mass is 327 g/mol. The highest BCUT2D eigenvalue weighted by molar-refractivity contribution is 5.45. The van der Waals surface area contributed by atoms with Crippen LogP contribution in [0.25, 0.3) is 5.65 Å². The highest BCUT2D eigenvalue weighted by atomic mass is 16.3. The Labute approximate surface area is 139 Å². The van der Waals surface area contributed by atoms with Crippen molar-refractivity contribution in [2.45, 2.75) is 50.8 Å². The van der Waals surface area contributed by atoms with Gasteiger partial charge in [0.05, 0.1) is 18.2 Å². The molecule has 0 spiro atoms. The highest BCUT2D eigenvalue weighted by Gasteiger charge is 2.42. The minimum Gasteiger partial charge on any atom is -0.391 e. The van der Waals surface area contributed by atoms with Crippen LogP contribution in [-0.4, -0.2) is 46.8 Å². The number of rotatable bonds is 3. The number of hydrogen-bond donors (Lipinski definition) is 2. The molecular weight excluding hydrogens is 306 g/mol. The van der Waals surface area contributed by atoms with Crippen LogP contribution in [0, 0.1) is 0 Å². The molecule has 4 rings (SSSR count). The van der Waals surface area contributed by atoms with E-state index >= 15 is 0 Å². The van der Waals surface area contributed by atoms with Crippen LogP contribution in [0.1, 0.15) is 39.1 Å². The van der Waals surface area contributed by atoms with Gasteiger partial charge in [-0.1, -0.05) is 20.8 Å². The fourth-order valence-corrected chi connectivity index (χ4v) is 3.10. The second kappa shape index (κ2) is 5.27. The van der Waals surface area contributed by atoms with Gasteiger partial charge in [0.15, 0.2) is 11.5 Å². The summed E-state index contributed by atoms with van der Waals surface area (Å²) < 4.78 is 3.57. The van der Waals surface area contributed by atoms with Crippen LogP contribution in [0.3, 0.4) is 0 Å². The Bertz CT molecular complexity index is 849. The summed E-state index contributed by atoms with van der Waals surface area (Å²) in [6.45, 7) is 6.25. The van der Waals surface area contributed by atoms with Crippen molar-refractivity contribution in [2.24, 2.45) is 0 Å². The van der Waals surface area contributed by atoms with E-state index in [0.717, 1.165) is 17.3 Å². The molecule has 0 radical (unpaired) electrons. The van der Waals surface area contributed by atoms with Crippen LogP contribution in [-0.2, 0) is 5.41 Å². The Balaban J connectivity index is 1.61. The third-order valence-corrected chi connectivity index (χ3v) is 4.40. The summed E-state index contributed by atoms with van der Waals surface area (Å²) in [6.07, 6.45) is 3.86. The van der Waals surface area contributed by atoms with Gasteiger partial charge in [0.25, 0.3) is 0 Å². The first-order chi connectivity index (χ1) is 11.4. The fourth-order valence-electron chi connectivity index (χ4n) is 3.10. The van der Waals surface area contributed by atoms with Crippen LogP contribution in [0.5, 0.6) is 0 Å². The van der Waals surface area contributed by atoms with Crippen molar-refractivity contribution < 1.29 is 5.11 Å². The summed E-state index contributed by atoms with van der Waals surface area (Å²) in [5.41, 5.74) is 0.581. The first-order valence-electron chi connectivity index (χ1n) is 8.10. The Morgan fingerprint density at radius 1 is 1.25 bits per heavy atom. The van der Waals surface area contributed by atoms with Crippen LogP contribution in [0.4, 0.5) is 5.82 Å². The van der Waals surface area contributed by atoms with Crippen LogP contribution in [0.2, 0.25) is 0 Å². The second-order valence-electron chi connectivity index (χ2n) is 7.29. The fraction of sp³-hybridized carbons (Fsp3) is 0.500. The first-order valence-corrected chi connectivity index (χ1v) is 8.10. The molecule has 2 N–H and O–H groups in total. The number of aromatic nitrogens is 6. The predicted octanol–water partition coefficient (Wildman–Crippen LogP) is 1.40. The minimum absolute atomic E-state index is 0.0828. The predicted molar refractivity (Wildman–Crippen MR) is 88.8 cm³/mol. The van der Waals surface area contributed by atoms with E-state index in [2.05, 4.69) is 46.5 Å². The van der Waals surface area contributed by atoms with Gasteiger partial charge in [0.2, 0.25) is 0 Å². The van der Waals surface area contributed by atoms with Crippen molar-refractivity contribution >= 4 is 11.5 Å². The smallest absolute Gasteiger partial charge is 0.178 e. The molecule has 3 aromatic heterocycles. The topological polar surface area (TPSA) is 93.2 Å². The molecule has 0 aliphatic heterocycles. The Hall–Kier alpha value is -2.48. The molecule has 3 atom stereocenters. The van der Waals surface area contributed by atoms with Gasteiger partial charge in [0.1, 0.15) is 5.82 Å². The molecule has 1 fully saturated rings. The molecule has 0 aromatic carbocycles. The van der Waals surface area contributed by atoms with Gasteiger partial charge >= 0.3 is 0 Å². The number of aliphatic hydroxyl groups is 1. The molecule has 0 bridgehead atoms. The normalized spacial score (nSPS) is 24.1. The molecule has 3 aromatic rings. The summed E-state index contributed by atoms with van der Waals surface area (Å²) in [5, 5.41) is 30.8. The first kappa shape index (κ1) is 15.1. The summed E-state index contributed by atoms with van der Waals surface area (Å²) in [7, 11) is 0. The number of anilines is 1. The molecule has 1 aliphatic carbocycles. The zero-order valence-corrected chi connectivity index (χ0v) is 14.0. The van der Waals surface area contributed by atoms with Crippen molar-refractivity contribution in [3.8, 4) is 0 Å². The van der Waals surface area contributed by atoms with Gasteiger partial charge in [0, 0.05) is 17.8 Å². The summed E-state index contributed by atoms with van der Waals surface area (Å²) in [6, 6.07) is 5.65. The lowest BCUT2D eigenvalue weighted by Crippen LogP contribution is -2.51. The summed E-state index contributed by atoms with van der Waals surface area (Å²) >= 11 is 0. The Kier molecular flexibility index (Phi) is 3.31. The molecule has 1 aliphatic rings. The quantitative estimate of drug-likeness (QED) is 0.755. The number of nitrogens with one attached hydrogen (secondary N) is 1. The van der Waals surface area contributed by atoms with E-state index in [1.165, 1.54) is 0 Å². The average Bonchev–Trinajstić information content (AvgIpc) is 3.14. The third-order valence-electron chi connectivity index (χ3n) is 4.40. The van der Waals surface area contributed by atoms with Gasteiger partial charge in [-0.05, 0) is 24.6 Å².